The van der Waals surface area contributed by atoms with E-state index < -0.39 is 30.3 Å². The van der Waals surface area contributed by atoms with Crippen molar-refractivity contribution >= 4 is 11.9 Å². The molecule has 27 heavy (non-hydrogen) atoms. The van der Waals surface area contributed by atoms with Crippen molar-refractivity contribution in [3.8, 4) is 5.75 Å². The molecule has 0 radical (unpaired) electrons. The van der Waals surface area contributed by atoms with E-state index in [0.29, 0.717) is 5.75 Å². The van der Waals surface area contributed by atoms with Gasteiger partial charge >= 0.3 is 11.9 Å². The van der Waals surface area contributed by atoms with E-state index in [1.165, 1.54) is 55.6 Å². The first-order valence-corrected chi connectivity index (χ1v) is 7.90. The first-order valence-electron chi connectivity index (χ1n) is 7.90. The highest BCUT2D eigenvalue weighted by molar-refractivity contribution is 5.90. The van der Waals surface area contributed by atoms with Crippen LogP contribution in [-0.4, -0.2) is 31.3 Å². The quantitative estimate of drug-likeness (QED) is 0.517. The summed E-state index contributed by atoms with van der Waals surface area (Å²) in [6.07, 6.45) is -2.85. The zero-order valence-electron chi connectivity index (χ0n) is 14.6. The first-order chi connectivity index (χ1) is 12.8. The van der Waals surface area contributed by atoms with Crippen molar-refractivity contribution in [3.05, 3.63) is 65.7 Å². The Labute approximate surface area is 154 Å². The highest BCUT2D eigenvalue weighted by Gasteiger charge is 2.45. The van der Waals surface area contributed by atoms with Gasteiger partial charge in [0.15, 0.2) is 12.4 Å². The van der Waals surface area contributed by atoms with E-state index in [1.54, 1.807) is 13.0 Å². The molecule has 2 aromatic rings. The van der Waals surface area contributed by atoms with Crippen molar-refractivity contribution in [2.24, 2.45) is 0 Å². The second kappa shape index (κ2) is 8.59. The third-order valence-electron chi connectivity index (χ3n) is 3.65. The van der Waals surface area contributed by atoms with Gasteiger partial charge in [-0.25, -0.2) is 4.79 Å². The van der Waals surface area contributed by atoms with E-state index in [-0.39, 0.29) is 11.1 Å². The highest BCUT2D eigenvalue weighted by atomic mass is 19.3. The lowest BCUT2D eigenvalue weighted by atomic mass is 10.0. The second-order valence-electron chi connectivity index (χ2n) is 5.55. The van der Waals surface area contributed by atoms with Crippen LogP contribution in [0.25, 0.3) is 0 Å². The van der Waals surface area contributed by atoms with E-state index >= 15 is 0 Å². The monoisotopic (exact) mass is 379 g/mol. The molecule has 0 heterocycles. The molecule has 0 fully saturated rings. The molecule has 0 saturated heterocycles. The highest BCUT2D eigenvalue weighted by Crippen LogP contribution is 2.35. The van der Waals surface area contributed by atoms with Crippen LogP contribution in [0.5, 0.6) is 5.75 Å². The number of carboxylic acid groups (broad SMARTS) is 1. The summed E-state index contributed by atoms with van der Waals surface area (Å²) >= 11 is 0. The maximum atomic E-state index is 14.0. The Morgan fingerprint density at radius 1 is 1.04 bits per heavy atom. The van der Waals surface area contributed by atoms with E-state index in [4.69, 9.17) is 14.2 Å². The maximum Gasteiger partial charge on any atom is 0.338 e. The molecule has 0 aliphatic rings. The van der Waals surface area contributed by atoms with Crippen molar-refractivity contribution in [2.75, 3.05) is 7.11 Å². The fourth-order valence-electron chi connectivity index (χ4n) is 2.17. The molecule has 0 N–H and O–H groups in total. The molecule has 0 aliphatic heterocycles. The topological polar surface area (TPSA) is 84.9 Å². The van der Waals surface area contributed by atoms with Crippen molar-refractivity contribution in [1.82, 2.24) is 0 Å². The number of hydrogen-bond acceptors (Lipinski definition) is 6. The Kier molecular flexibility index (Phi) is 6.46. The molecule has 0 amide bonds. The number of halogens is 2. The number of esters is 1. The summed E-state index contributed by atoms with van der Waals surface area (Å²) in [5, 5.41) is 10.8. The fraction of sp³-hybridized carbons (Fsp3) is 0.263. The van der Waals surface area contributed by atoms with Gasteiger partial charge in [-0.1, -0.05) is 30.3 Å². The van der Waals surface area contributed by atoms with Crippen molar-refractivity contribution in [3.63, 3.8) is 0 Å². The average Bonchev–Trinajstić information content (AvgIpc) is 2.66. The summed E-state index contributed by atoms with van der Waals surface area (Å²) < 4.78 is 43.2. The molecule has 0 spiro atoms. The summed E-state index contributed by atoms with van der Waals surface area (Å²) in [5.41, 5.74) is -0.226. The van der Waals surface area contributed by atoms with Gasteiger partial charge in [0.25, 0.3) is 0 Å². The lowest BCUT2D eigenvalue weighted by molar-refractivity contribution is -0.336. The van der Waals surface area contributed by atoms with Gasteiger partial charge in [-0.15, -0.1) is 0 Å². The molecule has 144 valence electrons. The smallest absolute Gasteiger partial charge is 0.338 e. The molecular formula is C19H17F2O6-. The maximum absolute atomic E-state index is 14.0. The van der Waals surface area contributed by atoms with Gasteiger partial charge in [-0.05, 0) is 36.8 Å². The van der Waals surface area contributed by atoms with Crippen LogP contribution in [-0.2, 0) is 14.3 Å². The van der Waals surface area contributed by atoms with Gasteiger partial charge in [0, 0.05) is 7.11 Å². The molecule has 0 aromatic heterocycles. The van der Waals surface area contributed by atoms with Gasteiger partial charge in [0.2, 0.25) is 0 Å². The standard InChI is InChI=1S/C19H18F2O6/c1-12(25-2)26-15-10-8-14(9-11-15)17(22)27-16(19(20,21)18(23)24)13-6-4-3-5-7-13/h3-12,16H,1-2H3,(H,23,24)/p-1. The molecule has 0 aliphatic carbocycles. The minimum absolute atomic E-state index is 0.0532. The summed E-state index contributed by atoms with van der Waals surface area (Å²) in [6, 6.07) is 12.3. The van der Waals surface area contributed by atoms with Crippen LogP contribution in [0.4, 0.5) is 8.78 Å². The van der Waals surface area contributed by atoms with Gasteiger partial charge < -0.3 is 24.1 Å². The summed E-state index contributed by atoms with van der Waals surface area (Å²) in [4.78, 5) is 23.1. The predicted molar refractivity (Wildman–Crippen MR) is 88.1 cm³/mol. The first kappa shape index (κ1) is 20.3. The SMILES string of the molecule is COC(C)Oc1ccc(C(=O)OC(c2ccccc2)C(F)(F)C(=O)[O-])cc1. The Morgan fingerprint density at radius 2 is 1.63 bits per heavy atom. The lowest BCUT2D eigenvalue weighted by Gasteiger charge is -2.27. The van der Waals surface area contributed by atoms with Crippen molar-refractivity contribution < 1.29 is 37.7 Å². The minimum atomic E-state index is -4.41. The Balaban J connectivity index is 2.22. The zero-order valence-corrected chi connectivity index (χ0v) is 14.6. The Morgan fingerprint density at radius 3 is 2.15 bits per heavy atom. The number of hydrogen-bond donors (Lipinski definition) is 0. The van der Waals surface area contributed by atoms with Gasteiger partial charge in [0.1, 0.15) is 11.7 Å². The second-order valence-corrected chi connectivity index (χ2v) is 5.55. The van der Waals surface area contributed by atoms with Gasteiger partial charge in [-0.3, -0.25) is 0 Å². The molecule has 2 aromatic carbocycles. The molecule has 8 heteroatoms. The number of alkyl halides is 2. The Hall–Kier alpha value is -3.00. The zero-order chi connectivity index (χ0) is 20.0. The third kappa shape index (κ3) is 5.01. The number of methoxy groups -OCH3 is 1. The fourth-order valence-corrected chi connectivity index (χ4v) is 2.17. The van der Waals surface area contributed by atoms with Crippen LogP contribution in [0.2, 0.25) is 0 Å². The number of carboxylic acids is 1. The number of carbonyl (C=O) groups is 2. The van der Waals surface area contributed by atoms with E-state index in [9.17, 15) is 23.5 Å². The van der Waals surface area contributed by atoms with E-state index in [2.05, 4.69) is 0 Å². The number of carbonyl (C=O) groups excluding carboxylic acids is 2. The summed E-state index contributed by atoms with van der Waals surface area (Å²) in [5.74, 6) is -7.77. The number of ether oxygens (including phenoxy) is 3. The van der Waals surface area contributed by atoms with Crippen LogP contribution < -0.4 is 9.84 Å². The predicted octanol–water partition coefficient (Wildman–Crippen LogP) is 2.34. The molecule has 0 bridgehead atoms. The molecule has 6 nitrogen and oxygen atoms in total. The molecular weight excluding hydrogens is 362 g/mol. The normalized spacial score (nSPS) is 13.5. The number of rotatable bonds is 8. The van der Waals surface area contributed by atoms with Gasteiger partial charge in [-0.2, -0.15) is 8.78 Å². The largest absolute Gasteiger partial charge is 0.544 e. The van der Waals surface area contributed by atoms with Crippen LogP contribution in [0.1, 0.15) is 28.9 Å². The van der Waals surface area contributed by atoms with Crippen LogP contribution in [0, 0.1) is 0 Å². The summed E-state index contributed by atoms with van der Waals surface area (Å²) in [6.45, 7) is 1.66. The van der Waals surface area contributed by atoms with E-state index in [0.717, 1.165) is 0 Å². The Bertz CT molecular complexity index is 777. The third-order valence-corrected chi connectivity index (χ3v) is 3.65. The van der Waals surface area contributed by atoms with Crippen LogP contribution >= 0.6 is 0 Å². The number of benzene rings is 2. The molecule has 0 saturated carbocycles. The van der Waals surface area contributed by atoms with E-state index in [1.807, 2.05) is 0 Å². The van der Waals surface area contributed by atoms with Crippen LogP contribution in [0.15, 0.2) is 54.6 Å². The molecule has 2 rings (SSSR count). The molecule has 2 atom stereocenters. The summed E-state index contributed by atoms with van der Waals surface area (Å²) in [7, 11) is 1.46. The lowest BCUT2D eigenvalue weighted by Crippen LogP contribution is -2.47. The molecule has 2 unspecified atom stereocenters. The average molecular weight is 379 g/mol. The van der Waals surface area contributed by atoms with Crippen LogP contribution in [0.3, 0.4) is 0 Å². The van der Waals surface area contributed by atoms with Crippen molar-refractivity contribution in [1.29, 1.82) is 0 Å². The minimum Gasteiger partial charge on any atom is -0.544 e. The number of aliphatic carboxylic acids is 1. The van der Waals surface area contributed by atoms with Gasteiger partial charge in [0.05, 0.1) is 5.56 Å². The van der Waals surface area contributed by atoms with Crippen molar-refractivity contribution in [2.45, 2.75) is 25.2 Å².